The van der Waals surface area contributed by atoms with E-state index in [0.717, 1.165) is 0 Å². The van der Waals surface area contributed by atoms with Gasteiger partial charge in [0.1, 0.15) is 0 Å². The smallest absolute Gasteiger partial charge is 0.0381 e. The van der Waals surface area contributed by atoms with E-state index in [1.54, 1.807) is 0 Å². The second kappa shape index (κ2) is 20.2. The van der Waals surface area contributed by atoms with Crippen LogP contribution in [-0.4, -0.2) is 6.16 Å². The Kier molecular flexibility index (Phi) is 23.8. The van der Waals surface area contributed by atoms with E-state index >= 15 is 0 Å². The van der Waals surface area contributed by atoms with E-state index in [2.05, 4.69) is 16.2 Å². The highest BCUT2D eigenvalue weighted by Crippen LogP contribution is 2.12. The second-order valence-corrected chi connectivity index (χ2v) is 5.96. The average molecular weight is 339 g/mol. The van der Waals surface area contributed by atoms with E-state index in [-0.39, 0.29) is 17.0 Å². The Labute approximate surface area is 129 Å². The molecule has 0 aliphatic heterocycles. The zero-order valence-electron chi connectivity index (χ0n) is 12.6. The number of hydrogen-bond acceptors (Lipinski definition) is 0. The number of hydrogen-bond donors (Lipinski definition) is 0. The van der Waals surface area contributed by atoms with Crippen LogP contribution in [0.2, 0.25) is 0 Å². The van der Waals surface area contributed by atoms with Gasteiger partial charge < -0.3 is 0 Å². The maximum atomic E-state index is 2.82. The Morgan fingerprint density at radius 2 is 0.778 bits per heavy atom. The van der Waals surface area contributed by atoms with Crippen LogP contribution in [0.1, 0.15) is 96.8 Å². The monoisotopic (exact) mass is 338 g/mol. The predicted molar refractivity (Wildman–Crippen MR) is 95.2 cm³/mol. The Morgan fingerprint density at radius 3 is 1.06 bits per heavy atom. The highest BCUT2D eigenvalue weighted by atomic mass is 79.9. The van der Waals surface area contributed by atoms with Crippen molar-refractivity contribution < 1.29 is 0 Å². The van der Waals surface area contributed by atoms with Crippen LogP contribution in [0.15, 0.2) is 0 Å². The standard InChI is InChI=1S/C16H35P.BrH/c1-2-3-4-5-6-7-8-9-10-11-12-13-14-15-16-17;/h2-17H2,1H3;1H. The van der Waals surface area contributed by atoms with Gasteiger partial charge >= 0.3 is 0 Å². The van der Waals surface area contributed by atoms with Gasteiger partial charge in [0.15, 0.2) is 0 Å². The van der Waals surface area contributed by atoms with Crippen LogP contribution in [0.25, 0.3) is 0 Å². The zero-order valence-corrected chi connectivity index (χ0v) is 15.5. The summed E-state index contributed by atoms with van der Waals surface area (Å²) in [5.74, 6) is 0. The lowest BCUT2D eigenvalue weighted by molar-refractivity contribution is 0.538. The molecule has 112 valence electrons. The summed E-state index contributed by atoms with van der Waals surface area (Å²) in [6.07, 6.45) is 21.7. The second-order valence-electron chi connectivity index (χ2n) is 5.38. The highest BCUT2D eigenvalue weighted by molar-refractivity contribution is 8.93. The molecule has 0 bridgehead atoms. The van der Waals surface area contributed by atoms with Crippen molar-refractivity contribution in [2.75, 3.05) is 6.16 Å². The highest BCUT2D eigenvalue weighted by Gasteiger charge is 1.93. The first-order valence-corrected chi connectivity index (χ1v) is 8.93. The molecule has 0 aromatic heterocycles. The molecule has 0 rings (SSSR count). The summed E-state index contributed by atoms with van der Waals surface area (Å²) in [6.45, 7) is 2.29. The lowest BCUT2D eigenvalue weighted by atomic mass is 10.0. The zero-order chi connectivity index (χ0) is 12.6. The van der Waals surface area contributed by atoms with Crippen molar-refractivity contribution in [3.63, 3.8) is 0 Å². The molecule has 0 saturated heterocycles. The fraction of sp³-hybridized carbons (Fsp3) is 1.00. The lowest BCUT2D eigenvalue weighted by Gasteiger charge is -2.02. The van der Waals surface area contributed by atoms with Crippen LogP contribution in [-0.2, 0) is 0 Å². The number of rotatable bonds is 14. The molecule has 0 aromatic rings. The van der Waals surface area contributed by atoms with Crippen LogP contribution in [0.5, 0.6) is 0 Å². The van der Waals surface area contributed by atoms with E-state index in [4.69, 9.17) is 0 Å². The fourth-order valence-corrected chi connectivity index (χ4v) is 2.63. The topological polar surface area (TPSA) is 0 Å². The fourth-order valence-electron chi connectivity index (χ4n) is 2.34. The molecule has 0 fully saturated rings. The van der Waals surface area contributed by atoms with Crippen molar-refractivity contribution in [3.05, 3.63) is 0 Å². The molecule has 0 amide bonds. The van der Waals surface area contributed by atoms with Crippen molar-refractivity contribution in [2.45, 2.75) is 96.8 Å². The van der Waals surface area contributed by atoms with Gasteiger partial charge in [0.05, 0.1) is 0 Å². The Bertz CT molecular complexity index is 114. The van der Waals surface area contributed by atoms with Gasteiger partial charge in [-0.15, -0.1) is 26.2 Å². The van der Waals surface area contributed by atoms with Crippen LogP contribution < -0.4 is 0 Å². The summed E-state index contributed by atoms with van der Waals surface area (Å²) < 4.78 is 0. The molecule has 0 heterocycles. The molecule has 1 unspecified atom stereocenters. The third kappa shape index (κ3) is 19.3. The minimum atomic E-state index is 0. The Morgan fingerprint density at radius 1 is 0.500 bits per heavy atom. The first-order valence-electron chi connectivity index (χ1n) is 8.12. The molecule has 18 heavy (non-hydrogen) atoms. The molecule has 0 N–H and O–H groups in total. The quantitative estimate of drug-likeness (QED) is 0.238. The van der Waals surface area contributed by atoms with Crippen molar-refractivity contribution in [2.24, 2.45) is 0 Å². The minimum Gasteiger partial charge on any atom is -0.138 e. The van der Waals surface area contributed by atoms with E-state index < -0.39 is 0 Å². The van der Waals surface area contributed by atoms with Crippen LogP contribution in [0, 0.1) is 0 Å². The normalized spacial score (nSPS) is 10.3. The first-order chi connectivity index (χ1) is 8.41. The summed E-state index contributed by atoms with van der Waals surface area (Å²) in [7, 11) is 2.82. The van der Waals surface area contributed by atoms with Crippen molar-refractivity contribution in [3.8, 4) is 0 Å². The lowest BCUT2D eigenvalue weighted by Crippen LogP contribution is -1.83. The number of unbranched alkanes of at least 4 members (excludes halogenated alkanes) is 13. The minimum absolute atomic E-state index is 0. The molecule has 1 atom stereocenters. The molecule has 0 aliphatic rings. The third-order valence-corrected chi connectivity index (χ3v) is 3.97. The van der Waals surface area contributed by atoms with Gasteiger partial charge in [-0.25, -0.2) is 0 Å². The predicted octanol–water partition coefficient (Wildman–Crippen LogP) is 6.92. The first kappa shape index (κ1) is 21.2. The Hall–Kier alpha value is 0.910. The molecule has 2 heteroatoms. The van der Waals surface area contributed by atoms with Gasteiger partial charge in [-0.2, -0.15) is 0 Å². The summed E-state index contributed by atoms with van der Waals surface area (Å²) in [6, 6.07) is 0. The van der Waals surface area contributed by atoms with Crippen LogP contribution in [0.4, 0.5) is 0 Å². The van der Waals surface area contributed by atoms with Crippen LogP contribution in [0.3, 0.4) is 0 Å². The summed E-state index contributed by atoms with van der Waals surface area (Å²) in [4.78, 5) is 0. The molecule has 0 nitrogen and oxygen atoms in total. The summed E-state index contributed by atoms with van der Waals surface area (Å²) >= 11 is 0. The molecule has 0 spiro atoms. The van der Waals surface area contributed by atoms with E-state index in [9.17, 15) is 0 Å². The number of halogens is 1. The third-order valence-electron chi connectivity index (χ3n) is 3.56. The van der Waals surface area contributed by atoms with Crippen molar-refractivity contribution in [1.82, 2.24) is 0 Å². The molecule has 0 saturated carbocycles. The van der Waals surface area contributed by atoms with Gasteiger partial charge in [0.25, 0.3) is 0 Å². The molecule has 0 radical (unpaired) electrons. The van der Waals surface area contributed by atoms with Gasteiger partial charge in [0.2, 0.25) is 0 Å². The molecular formula is C16H36BrP. The van der Waals surface area contributed by atoms with E-state index in [1.807, 2.05) is 0 Å². The SMILES string of the molecule is Br.CCCCCCCCCCCCCCCCP. The van der Waals surface area contributed by atoms with E-state index in [1.165, 1.54) is 96.1 Å². The largest absolute Gasteiger partial charge is 0.138 e. The molecular weight excluding hydrogens is 303 g/mol. The Balaban J connectivity index is 0. The maximum Gasteiger partial charge on any atom is -0.0381 e. The molecule has 0 aromatic carbocycles. The van der Waals surface area contributed by atoms with Gasteiger partial charge in [-0.3, -0.25) is 0 Å². The average Bonchev–Trinajstić information content (AvgIpc) is 2.35. The van der Waals surface area contributed by atoms with Crippen LogP contribution >= 0.6 is 26.2 Å². The van der Waals surface area contributed by atoms with Gasteiger partial charge in [-0.05, 0) is 12.6 Å². The van der Waals surface area contributed by atoms with E-state index in [0.29, 0.717) is 0 Å². The summed E-state index contributed by atoms with van der Waals surface area (Å²) in [5.41, 5.74) is 0. The van der Waals surface area contributed by atoms with Crippen molar-refractivity contribution in [1.29, 1.82) is 0 Å². The van der Waals surface area contributed by atoms with Crippen molar-refractivity contribution >= 4 is 26.2 Å². The van der Waals surface area contributed by atoms with Gasteiger partial charge in [-0.1, -0.05) is 90.4 Å². The van der Waals surface area contributed by atoms with Gasteiger partial charge in [0, 0.05) is 0 Å². The maximum absolute atomic E-state index is 2.82. The molecule has 0 aliphatic carbocycles. The summed E-state index contributed by atoms with van der Waals surface area (Å²) in [5, 5.41) is 0.